The second-order valence-corrected chi connectivity index (χ2v) is 3.22. The highest BCUT2D eigenvalue weighted by Crippen LogP contribution is 2.34. The minimum Gasteiger partial charge on any atom is -0.310 e. The fourth-order valence-electron chi connectivity index (χ4n) is 1.91. The van der Waals surface area contributed by atoms with Crippen molar-refractivity contribution >= 4 is 5.71 Å². The third kappa shape index (κ3) is 0.628. The Kier molecular flexibility index (Phi) is 0.943. The van der Waals surface area contributed by atoms with Gasteiger partial charge in [-0.05, 0) is 13.5 Å². The molecule has 50 valence electrons. The SMILES string of the molecule is CN1C2CC(=N)CC1C2. The summed E-state index contributed by atoms with van der Waals surface area (Å²) in [7, 11) is 2.17. The second kappa shape index (κ2) is 1.57. The number of hydrogen-bond donors (Lipinski definition) is 1. The standard InChI is InChI=1S/C7H12N2/c1-9-6-2-5(8)3-7(9)4-6/h6-8H,2-4H2,1H3. The van der Waals surface area contributed by atoms with Crippen LogP contribution in [-0.2, 0) is 0 Å². The van der Waals surface area contributed by atoms with E-state index in [9.17, 15) is 0 Å². The molecular formula is C7H12N2. The van der Waals surface area contributed by atoms with Crippen LogP contribution in [0.4, 0.5) is 0 Å². The lowest BCUT2D eigenvalue weighted by atomic mass is 9.79. The van der Waals surface area contributed by atoms with Gasteiger partial charge < -0.3 is 5.41 Å². The summed E-state index contributed by atoms with van der Waals surface area (Å²) in [5.74, 6) is 0. The molecular weight excluding hydrogens is 112 g/mol. The number of nitrogens with one attached hydrogen (secondary N) is 1. The van der Waals surface area contributed by atoms with Crippen molar-refractivity contribution in [1.82, 2.24) is 4.90 Å². The van der Waals surface area contributed by atoms with Crippen LogP contribution in [0.25, 0.3) is 0 Å². The van der Waals surface area contributed by atoms with E-state index in [4.69, 9.17) is 5.41 Å². The highest BCUT2D eigenvalue weighted by molar-refractivity contribution is 5.84. The van der Waals surface area contributed by atoms with Gasteiger partial charge in [0.1, 0.15) is 0 Å². The number of rotatable bonds is 0. The molecule has 2 bridgehead atoms. The summed E-state index contributed by atoms with van der Waals surface area (Å²) in [6.45, 7) is 0. The first-order chi connectivity index (χ1) is 4.27. The maximum Gasteiger partial charge on any atom is 0.0162 e. The lowest BCUT2D eigenvalue weighted by molar-refractivity contribution is 0.0375. The average molecular weight is 124 g/mol. The first-order valence-electron chi connectivity index (χ1n) is 3.55. The Labute approximate surface area is 55.4 Å². The van der Waals surface area contributed by atoms with Crippen LogP contribution in [0.3, 0.4) is 0 Å². The summed E-state index contributed by atoms with van der Waals surface area (Å²) in [4.78, 5) is 2.40. The van der Waals surface area contributed by atoms with Gasteiger partial charge in [-0.3, -0.25) is 4.90 Å². The van der Waals surface area contributed by atoms with Gasteiger partial charge in [-0.15, -0.1) is 0 Å². The van der Waals surface area contributed by atoms with Crippen LogP contribution in [0.2, 0.25) is 0 Å². The normalized spacial score (nSPS) is 42.6. The van der Waals surface area contributed by atoms with Gasteiger partial charge in [0.25, 0.3) is 0 Å². The van der Waals surface area contributed by atoms with Crippen LogP contribution >= 0.6 is 0 Å². The van der Waals surface area contributed by atoms with E-state index < -0.39 is 0 Å². The van der Waals surface area contributed by atoms with E-state index in [0.717, 1.165) is 30.6 Å². The van der Waals surface area contributed by atoms with Gasteiger partial charge in [-0.25, -0.2) is 0 Å². The Bertz CT molecular complexity index is 139. The number of hydrogen-bond acceptors (Lipinski definition) is 2. The maximum absolute atomic E-state index is 7.41. The first kappa shape index (κ1) is 5.42. The topological polar surface area (TPSA) is 27.1 Å². The molecule has 9 heavy (non-hydrogen) atoms. The summed E-state index contributed by atoms with van der Waals surface area (Å²) in [5, 5.41) is 7.41. The van der Waals surface area contributed by atoms with Crippen LogP contribution in [0, 0.1) is 5.41 Å². The Hall–Kier alpha value is -0.370. The summed E-state index contributed by atoms with van der Waals surface area (Å²) < 4.78 is 0. The molecule has 0 aromatic rings. The van der Waals surface area contributed by atoms with Crippen LogP contribution in [0.1, 0.15) is 19.3 Å². The van der Waals surface area contributed by atoms with Gasteiger partial charge in [0, 0.05) is 30.6 Å². The molecule has 1 aliphatic carbocycles. The fraction of sp³-hybridized carbons (Fsp3) is 0.857. The molecule has 3 rings (SSSR count). The Morgan fingerprint density at radius 1 is 1.44 bits per heavy atom. The van der Waals surface area contributed by atoms with Gasteiger partial charge in [0.2, 0.25) is 0 Å². The molecule has 1 saturated carbocycles. The van der Waals surface area contributed by atoms with Crippen molar-refractivity contribution in [2.45, 2.75) is 31.3 Å². The fourth-order valence-corrected chi connectivity index (χ4v) is 1.91. The summed E-state index contributed by atoms with van der Waals surface area (Å²) in [6, 6.07) is 1.47. The van der Waals surface area contributed by atoms with E-state index >= 15 is 0 Å². The number of fused-ring (bicyclic) bond motifs is 2. The molecule has 2 nitrogen and oxygen atoms in total. The minimum absolute atomic E-state index is 0.733. The highest BCUT2D eigenvalue weighted by Gasteiger charge is 2.40. The molecule has 0 aromatic heterocycles. The van der Waals surface area contributed by atoms with E-state index in [1.54, 1.807) is 0 Å². The average Bonchev–Trinajstić information content (AvgIpc) is 1.87. The second-order valence-electron chi connectivity index (χ2n) is 3.22. The maximum atomic E-state index is 7.41. The van der Waals surface area contributed by atoms with E-state index in [2.05, 4.69) is 11.9 Å². The third-order valence-electron chi connectivity index (χ3n) is 2.66. The highest BCUT2D eigenvalue weighted by atomic mass is 15.2. The minimum atomic E-state index is 0.733. The predicted octanol–water partition coefficient (Wildman–Crippen LogP) is 0.873. The van der Waals surface area contributed by atoms with Gasteiger partial charge >= 0.3 is 0 Å². The van der Waals surface area contributed by atoms with E-state index in [1.165, 1.54) is 6.42 Å². The molecule has 2 heterocycles. The van der Waals surface area contributed by atoms with Crippen LogP contribution in [0.5, 0.6) is 0 Å². The Balaban J connectivity index is 2.09. The van der Waals surface area contributed by atoms with Crippen LogP contribution < -0.4 is 0 Å². The van der Waals surface area contributed by atoms with E-state index in [1.807, 2.05) is 0 Å². The molecule has 2 saturated heterocycles. The molecule has 3 fully saturated rings. The van der Waals surface area contributed by atoms with Gasteiger partial charge in [0.15, 0.2) is 0 Å². The molecule has 0 aromatic carbocycles. The molecule has 3 aliphatic rings. The van der Waals surface area contributed by atoms with Crippen molar-refractivity contribution in [1.29, 1.82) is 5.41 Å². The zero-order valence-electron chi connectivity index (χ0n) is 5.72. The Morgan fingerprint density at radius 2 is 2.00 bits per heavy atom. The molecule has 2 aliphatic heterocycles. The van der Waals surface area contributed by atoms with Crippen LogP contribution in [-0.4, -0.2) is 29.7 Å². The van der Waals surface area contributed by atoms with Crippen molar-refractivity contribution in [2.24, 2.45) is 0 Å². The summed E-state index contributed by atoms with van der Waals surface area (Å²) >= 11 is 0. The molecule has 1 N–H and O–H groups in total. The third-order valence-corrected chi connectivity index (χ3v) is 2.66. The summed E-state index contributed by atoms with van der Waals surface area (Å²) in [5.41, 5.74) is 0.967. The largest absolute Gasteiger partial charge is 0.310 e. The van der Waals surface area contributed by atoms with Gasteiger partial charge in [0.05, 0.1) is 0 Å². The first-order valence-corrected chi connectivity index (χ1v) is 3.55. The zero-order valence-corrected chi connectivity index (χ0v) is 5.72. The van der Waals surface area contributed by atoms with E-state index in [0.29, 0.717) is 0 Å². The number of nitrogens with zero attached hydrogens (tertiary/aromatic N) is 1. The predicted molar refractivity (Wildman–Crippen MR) is 36.9 cm³/mol. The lowest BCUT2D eigenvalue weighted by Crippen LogP contribution is -2.58. The summed E-state index contributed by atoms with van der Waals surface area (Å²) in [6.07, 6.45) is 3.42. The van der Waals surface area contributed by atoms with Crippen molar-refractivity contribution in [2.75, 3.05) is 7.05 Å². The van der Waals surface area contributed by atoms with E-state index in [-0.39, 0.29) is 0 Å². The van der Waals surface area contributed by atoms with Crippen molar-refractivity contribution in [3.8, 4) is 0 Å². The van der Waals surface area contributed by atoms with Crippen LogP contribution in [0.15, 0.2) is 0 Å². The monoisotopic (exact) mass is 124 g/mol. The zero-order chi connectivity index (χ0) is 6.43. The molecule has 2 unspecified atom stereocenters. The van der Waals surface area contributed by atoms with Crippen molar-refractivity contribution in [3.05, 3.63) is 0 Å². The quantitative estimate of drug-likeness (QED) is 0.509. The molecule has 2 heteroatoms. The molecule has 2 atom stereocenters. The Morgan fingerprint density at radius 3 is 2.33 bits per heavy atom. The smallest absolute Gasteiger partial charge is 0.0162 e. The lowest BCUT2D eigenvalue weighted by Gasteiger charge is -2.51. The van der Waals surface area contributed by atoms with Crippen molar-refractivity contribution < 1.29 is 0 Å². The van der Waals surface area contributed by atoms with Gasteiger partial charge in [-0.1, -0.05) is 0 Å². The molecule has 0 radical (unpaired) electrons. The molecule has 0 amide bonds. The van der Waals surface area contributed by atoms with Gasteiger partial charge in [-0.2, -0.15) is 0 Å². The molecule has 0 spiro atoms. The van der Waals surface area contributed by atoms with Crippen molar-refractivity contribution in [3.63, 3.8) is 0 Å². The number of piperidine rings is 1.